The molecule has 2 N–H and O–H groups in total. The number of nitrogens with one attached hydrogen (secondary N) is 1. The largest absolute Gasteiger partial charge is 0.511 e. The number of nitrogens with zero attached hydrogens (tertiary/aromatic N) is 1. The third kappa shape index (κ3) is 6.31. The Morgan fingerprint density at radius 2 is 1.69 bits per heavy atom. The van der Waals surface area contributed by atoms with Crippen LogP contribution in [0.4, 0.5) is 13.2 Å². The quantitative estimate of drug-likeness (QED) is 0.500. The van der Waals surface area contributed by atoms with Gasteiger partial charge in [-0.2, -0.15) is 13.2 Å². The SMILES string of the molecule is CCCN(Cc1ccc(Oc2ccccc2)cc1)C(=O)C1CC(NS(=O)(=O)C(F)(F)F)C1C(=O)O. The van der Waals surface area contributed by atoms with Gasteiger partial charge in [0, 0.05) is 19.1 Å². The van der Waals surface area contributed by atoms with Gasteiger partial charge >= 0.3 is 21.5 Å². The summed E-state index contributed by atoms with van der Waals surface area (Å²) < 4.78 is 67.9. The first-order chi connectivity index (χ1) is 16.4. The highest BCUT2D eigenvalue weighted by Gasteiger charge is 2.55. The van der Waals surface area contributed by atoms with E-state index in [0.29, 0.717) is 24.5 Å². The van der Waals surface area contributed by atoms with Gasteiger partial charge in [-0.05, 0) is 42.7 Å². The zero-order chi connectivity index (χ0) is 25.8. The van der Waals surface area contributed by atoms with Crippen LogP contribution in [0.15, 0.2) is 54.6 Å². The number of aliphatic carboxylic acids is 1. The molecule has 0 aromatic heterocycles. The lowest BCUT2D eigenvalue weighted by Crippen LogP contribution is -2.61. The molecule has 3 atom stereocenters. The summed E-state index contributed by atoms with van der Waals surface area (Å²) in [6.07, 6.45) is 0.227. The number of benzene rings is 2. The molecule has 0 aliphatic heterocycles. The summed E-state index contributed by atoms with van der Waals surface area (Å²) in [7, 11) is -5.73. The minimum Gasteiger partial charge on any atom is -0.481 e. The first kappa shape index (κ1) is 26.5. The summed E-state index contributed by atoms with van der Waals surface area (Å²) in [4.78, 5) is 26.2. The molecule has 35 heavy (non-hydrogen) atoms. The molecule has 1 aliphatic rings. The predicted molar refractivity (Wildman–Crippen MR) is 120 cm³/mol. The second kappa shape index (κ2) is 10.6. The van der Waals surface area contributed by atoms with Crippen LogP contribution in [0.1, 0.15) is 25.3 Å². The first-order valence-electron chi connectivity index (χ1n) is 10.8. The highest BCUT2D eigenvalue weighted by molar-refractivity contribution is 7.90. The van der Waals surface area contributed by atoms with Crippen LogP contribution in [0.5, 0.6) is 11.5 Å². The van der Waals surface area contributed by atoms with Gasteiger partial charge in [-0.3, -0.25) is 9.59 Å². The van der Waals surface area contributed by atoms with Crippen molar-refractivity contribution in [3.63, 3.8) is 0 Å². The van der Waals surface area contributed by atoms with Crippen molar-refractivity contribution in [3.8, 4) is 11.5 Å². The molecule has 0 heterocycles. The fraction of sp³-hybridized carbons (Fsp3) is 0.391. The maximum Gasteiger partial charge on any atom is 0.511 e. The Bertz CT molecular complexity index is 1140. The molecule has 12 heteroatoms. The van der Waals surface area contributed by atoms with Crippen LogP contribution in [-0.4, -0.2) is 48.4 Å². The van der Waals surface area contributed by atoms with Crippen LogP contribution in [0, 0.1) is 11.8 Å². The summed E-state index contributed by atoms with van der Waals surface area (Å²) in [6.45, 7) is 2.27. The zero-order valence-electron chi connectivity index (χ0n) is 18.7. The van der Waals surface area contributed by atoms with Crippen molar-refractivity contribution in [1.82, 2.24) is 9.62 Å². The molecule has 0 bridgehead atoms. The molecule has 8 nitrogen and oxygen atoms in total. The van der Waals surface area contributed by atoms with Crippen molar-refractivity contribution in [2.24, 2.45) is 11.8 Å². The Morgan fingerprint density at radius 3 is 2.23 bits per heavy atom. The van der Waals surface area contributed by atoms with Crippen LogP contribution in [-0.2, 0) is 26.2 Å². The van der Waals surface area contributed by atoms with Crippen molar-refractivity contribution in [1.29, 1.82) is 0 Å². The van der Waals surface area contributed by atoms with Crippen LogP contribution >= 0.6 is 0 Å². The lowest BCUT2D eigenvalue weighted by molar-refractivity contribution is -0.159. The van der Waals surface area contributed by atoms with E-state index in [0.717, 1.165) is 5.56 Å². The van der Waals surface area contributed by atoms with Gasteiger partial charge in [0.05, 0.1) is 11.8 Å². The molecule has 2 aromatic carbocycles. The first-order valence-corrected chi connectivity index (χ1v) is 12.3. The number of carbonyl (C=O) groups excluding carboxylic acids is 1. The van der Waals surface area contributed by atoms with Crippen molar-refractivity contribution < 1.29 is 41.0 Å². The van der Waals surface area contributed by atoms with Crippen LogP contribution in [0.25, 0.3) is 0 Å². The Labute approximate surface area is 200 Å². The van der Waals surface area contributed by atoms with E-state index < -0.39 is 45.3 Å². The normalized spacial score (nSPS) is 20.1. The van der Waals surface area contributed by atoms with E-state index in [1.165, 1.54) is 9.62 Å². The zero-order valence-corrected chi connectivity index (χ0v) is 19.6. The summed E-state index contributed by atoms with van der Waals surface area (Å²) in [5.74, 6) is -3.59. The second-order valence-electron chi connectivity index (χ2n) is 8.20. The van der Waals surface area contributed by atoms with E-state index in [2.05, 4.69) is 0 Å². The summed E-state index contributed by atoms with van der Waals surface area (Å²) >= 11 is 0. The highest BCUT2D eigenvalue weighted by atomic mass is 32.2. The number of halogens is 3. The molecular weight excluding hydrogens is 489 g/mol. The van der Waals surface area contributed by atoms with Crippen molar-refractivity contribution in [3.05, 3.63) is 60.2 Å². The van der Waals surface area contributed by atoms with E-state index >= 15 is 0 Å². The van der Waals surface area contributed by atoms with E-state index in [1.807, 2.05) is 25.1 Å². The van der Waals surface area contributed by atoms with Crippen molar-refractivity contribution >= 4 is 21.9 Å². The number of para-hydroxylation sites is 1. The molecule has 1 saturated carbocycles. The van der Waals surface area contributed by atoms with E-state index in [1.54, 1.807) is 36.4 Å². The molecule has 3 unspecified atom stereocenters. The van der Waals surface area contributed by atoms with E-state index in [-0.39, 0.29) is 13.0 Å². The minimum atomic E-state index is -5.73. The topological polar surface area (TPSA) is 113 Å². The molecule has 0 saturated heterocycles. The summed E-state index contributed by atoms with van der Waals surface area (Å²) in [5, 5.41) is 9.47. The molecule has 2 aromatic rings. The van der Waals surface area contributed by atoms with Crippen molar-refractivity contribution in [2.75, 3.05) is 6.54 Å². The number of carbonyl (C=O) groups is 2. The number of ether oxygens (including phenoxy) is 1. The predicted octanol–water partition coefficient (Wildman–Crippen LogP) is 3.75. The standard InChI is InChI=1S/C23H25F3N2O6S/c1-2-12-28(14-15-8-10-17(11-9-15)34-16-6-4-3-5-7-16)21(29)18-13-19(20(18)22(30)31)27-35(32,33)23(24,25)26/h3-11,18-20,27H,2,12-14H2,1H3,(H,30,31). The number of sulfonamides is 1. The van der Waals surface area contributed by atoms with E-state index in [4.69, 9.17) is 4.74 Å². The third-order valence-electron chi connectivity index (χ3n) is 5.67. The number of hydrogen-bond donors (Lipinski definition) is 2. The molecule has 1 aliphatic carbocycles. The van der Waals surface area contributed by atoms with E-state index in [9.17, 15) is 36.3 Å². The van der Waals surface area contributed by atoms with Gasteiger partial charge in [-0.15, -0.1) is 0 Å². The second-order valence-corrected chi connectivity index (χ2v) is 9.90. The Kier molecular flexibility index (Phi) is 8.06. The molecule has 0 radical (unpaired) electrons. The average molecular weight is 515 g/mol. The average Bonchev–Trinajstić information content (AvgIpc) is 2.76. The van der Waals surface area contributed by atoms with Gasteiger partial charge in [0.25, 0.3) is 0 Å². The molecule has 1 amide bonds. The monoisotopic (exact) mass is 514 g/mol. The molecule has 0 spiro atoms. The minimum absolute atomic E-state index is 0.153. The van der Waals surface area contributed by atoms with Crippen LogP contribution in [0.2, 0.25) is 0 Å². The number of carboxylic acids is 1. The Hall–Kier alpha value is -3.12. The van der Waals surface area contributed by atoms with Gasteiger partial charge in [0.2, 0.25) is 5.91 Å². The number of rotatable bonds is 10. The number of amides is 1. The van der Waals surface area contributed by atoms with Gasteiger partial charge in [-0.1, -0.05) is 37.3 Å². The Morgan fingerprint density at radius 1 is 1.09 bits per heavy atom. The molecular formula is C23H25F3N2O6S. The van der Waals surface area contributed by atoms with Crippen LogP contribution in [0.3, 0.4) is 0 Å². The van der Waals surface area contributed by atoms with Crippen LogP contribution < -0.4 is 9.46 Å². The number of hydrogen-bond acceptors (Lipinski definition) is 5. The maximum atomic E-state index is 13.1. The number of carboxylic acid groups (broad SMARTS) is 1. The van der Waals surface area contributed by atoms with Gasteiger partial charge in [-0.25, -0.2) is 13.1 Å². The summed E-state index contributed by atoms with van der Waals surface area (Å²) in [5.41, 5.74) is -4.83. The smallest absolute Gasteiger partial charge is 0.481 e. The molecule has 3 rings (SSSR count). The fourth-order valence-corrected chi connectivity index (χ4v) is 4.69. The van der Waals surface area contributed by atoms with Crippen molar-refractivity contribution in [2.45, 2.75) is 37.9 Å². The number of alkyl halides is 3. The third-order valence-corrected chi connectivity index (χ3v) is 6.89. The summed E-state index contributed by atoms with van der Waals surface area (Å²) in [6, 6.07) is 14.6. The molecule has 190 valence electrons. The van der Waals surface area contributed by atoms with Gasteiger partial charge in [0.1, 0.15) is 11.5 Å². The highest BCUT2D eigenvalue weighted by Crippen LogP contribution is 2.38. The van der Waals surface area contributed by atoms with Gasteiger partial charge in [0.15, 0.2) is 0 Å². The lowest BCUT2D eigenvalue weighted by atomic mass is 9.69. The molecule has 1 fully saturated rings. The fourth-order valence-electron chi connectivity index (χ4n) is 3.92. The Balaban J connectivity index is 1.68. The lowest BCUT2D eigenvalue weighted by Gasteiger charge is -2.43. The maximum absolute atomic E-state index is 13.1. The van der Waals surface area contributed by atoms with Gasteiger partial charge < -0.3 is 14.7 Å².